The Balaban J connectivity index is 2.80. The summed E-state index contributed by atoms with van der Waals surface area (Å²) in [4.78, 5) is 0. The highest BCUT2D eigenvalue weighted by atomic mass is 35.5. The van der Waals surface area contributed by atoms with E-state index in [1.807, 2.05) is 12.1 Å². The average molecular weight is 274 g/mol. The lowest BCUT2D eigenvalue weighted by Crippen LogP contribution is -2.21. The van der Waals surface area contributed by atoms with E-state index in [9.17, 15) is 0 Å². The first-order valence-corrected chi connectivity index (χ1v) is 6.98. The van der Waals surface area contributed by atoms with Crippen LogP contribution in [0.1, 0.15) is 45.2 Å². The maximum atomic E-state index is 6.04. The van der Waals surface area contributed by atoms with E-state index >= 15 is 0 Å². The van der Waals surface area contributed by atoms with E-state index in [4.69, 9.17) is 23.2 Å². The van der Waals surface area contributed by atoms with E-state index in [2.05, 4.69) is 26.1 Å². The van der Waals surface area contributed by atoms with Gasteiger partial charge in [0.25, 0.3) is 0 Å². The molecule has 96 valence electrons. The van der Waals surface area contributed by atoms with Gasteiger partial charge in [0.05, 0.1) is 0 Å². The van der Waals surface area contributed by atoms with Gasteiger partial charge >= 0.3 is 0 Å². The smallest absolute Gasteiger partial charge is 0.0424 e. The minimum absolute atomic E-state index is 0.346. The van der Waals surface area contributed by atoms with E-state index in [1.165, 1.54) is 12.0 Å². The molecule has 0 radical (unpaired) electrons. The standard InChI is InChI=1S/C14H21Cl2N/c1-4-17-14(6-5-10(2)3)11-7-12(15)9-13(16)8-11/h7-10,14,17H,4-6H2,1-3H3. The van der Waals surface area contributed by atoms with E-state index in [0.29, 0.717) is 22.0 Å². The van der Waals surface area contributed by atoms with Gasteiger partial charge in [0.15, 0.2) is 0 Å². The summed E-state index contributed by atoms with van der Waals surface area (Å²) >= 11 is 12.1. The summed E-state index contributed by atoms with van der Waals surface area (Å²) in [6.07, 6.45) is 2.31. The van der Waals surface area contributed by atoms with E-state index in [0.717, 1.165) is 13.0 Å². The molecule has 0 fully saturated rings. The first-order chi connectivity index (χ1) is 8.02. The molecular formula is C14H21Cl2N. The van der Waals surface area contributed by atoms with Crippen LogP contribution in [-0.4, -0.2) is 6.54 Å². The summed E-state index contributed by atoms with van der Waals surface area (Å²) in [5, 5.41) is 4.91. The van der Waals surface area contributed by atoms with Gasteiger partial charge in [0, 0.05) is 16.1 Å². The number of hydrogen-bond acceptors (Lipinski definition) is 1. The molecule has 0 saturated heterocycles. The first-order valence-electron chi connectivity index (χ1n) is 6.22. The zero-order valence-electron chi connectivity index (χ0n) is 10.8. The summed E-state index contributed by atoms with van der Waals surface area (Å²) in [6.45, 7) is 7.56. The third-order valence-corrected chi connectivity index (χ3v) is 3.21. The summed E-state index contributed by atoms with van der Waals surface area (Å²) in [5.41, 5.74) is 1.19. The molecule has 1 aromatic rings. The number of hydrogen-bond donors (Lipinski definition) is 1. The van der Waals surface area contributed by atoms with Crippen molar-refractivity contribution in [1.29, 1.82) is 0 Å². The maximum Gasteiger partial charge on any atom is 0.0424 e. The highest BCUT2D eigenvalue weighted by Gasteiger charge is 2.12. The molecule has 1 aromatic carbocycles. The Hall–Kier alpha value is -0.240. The van der Waals surface area contributed by atoms with Crippen molar-refractivity contribution in [2.24, 2.45) is 5.92 Å². The molecule has 0 bridgehead atoms. The quantitative estimate of drug-likeness (QED) is 0.762. The van der Waals surface area contributed by atoms with Crippen molar-refractivity contribution in [1.82, 2.24) is 5.32 Å². The Labute approximate surface area is 115 Å². The predicted octanol–water partition coefficient (Wildman–Crippen LogP) is 5.08. The molecule has 17 heavy (non-hydrogen) atoms. The summed E-state index contributed by atoms with van der Waals surface area (Å²) in [7, 11) is 0. The van der Waals surface area contributed by atoms with Crippen LogP contribution in [0, 0.1) is 5.92 Å². The average Bonchev–Trinajstić information content (AvgIpc) is 2.22. The zero-order chi connectivity index (χ0) is 12.8. The van der Waals surface area contributed by atoms with Gasteiger partial charge in [-0.3, -0.25) is 0 Å². The van der Waals surface area contributed by atoms with Crippen molar-refractivity contribution >= 4 is 23.2 Å². The number of benzene rings is 1. The van der Waals surface area contributed by atoms with Crippen LogP contribution < -0.4 is 5.32 Å². The molecular weight excluding hydrogens is 253 g/mol. The highest BCUT2D eigenvalue weighted by molar-refractivity contribution is 6.34. The SMILES string of the molecule is CCNC(CCC(C)C)c1cc(Cl)cc(Cl)c1. The minimum atomic E-state index is 0.346. The molecule has 0 aliphatic rings. The predicted molar refractivity (Wildman–Crippen MR) is 77.0 cm³/mol. The molecule has 1 nitrogen and oxygen atoms in total. The molecule has 0 aliphatic heterocycles. The summed E-state index contributed by atoms with van der Waals surface area (Å²) in [5.74, 6) is 0.714. The Bertz CT molecular complexity index is 330. The lowest BCUT2D eigenvalue weighted by molar-refractivity contribution is 0.448. The summed E-state index contributed by atoms with van der Waals surface area (Å²) in [6, 6.07) is 6.12. The highest BCUT2D eigenvalue weighted by Crippen LogP contribution is 2.27. The molecule has 0 spiro atoms. The molecule has 0 aliphatic carbocycles. The number of halogens is 2. The van der Waals surface area contributed by atoms with Gasteiger partial charge < -0.3 is 5.32 Å². The van der Waals surface area contributed by atoms with E-state index in [1.54, 1.807) is 6.07 Å². The van der Waals surface area contributed by atoms with Gasteiger partial charge in [-0.2, -0.15) is 0 Å². The van der Waals surface area contributed by atoms with E-state index < -0.39 is 0 Å². The van der Waals surface area contributed by atoms with Gasteiger partial charge in [-0.1, -0.05) is 44.0 Å². The van der Waals surface area contributed by atoms with Gasteiger partial charge in [-0.25, -0.2) is 0 Å². The second kappa shape index (κ2) is 7.25. The van der Waals surface area contributed by atoms with Crippen LogP contribution in [0.15, 0.2) is 18.2 Å². The topological polar surface area (TPSA) is 12.0 Å². The molecule has 1 rings (SSSR count). The monoisotopic (exact) mass is 273 g/mol. The van der Waals surface area contributed by atoms with Crippen molar-refractivity contribution in [3.63, 3.8) is 0 Å². The number of rotatable bonds is 6. The molecule has 3 heteroatoms. The van der Waals surface area contributed by atoms with E-state index in [-0.39, 0.29) is 0 Å². The Morgan fingerprint density at radius 1 is 1.06 bits per heavy atom. The molecule has 1 unspecified atom stereocenters. The van der Waals surface area contributed by atoms with Gasteiger partial charge in [-0.05, 0) is 49.1 Å². The van der Waals surface area contributed by atoms with Crippen LogP contribution in [0.4, 0.5) is 0 Å². The van der Waals surface area contributed by atoms with Crippen molar-refractivity contribution < 1.29 is 0 Å². The van der Waals surface area contributed by atoms with Crippen molar-refractivity contribution in [3.05, 3.63) is 33.8 Å². The van der Waals surface area contributed by atoms with Gasteiger partial charge in [0.2, 0.25) is 0 Å². The van der Waals surface area contributed by atoms with Crippen LogP contribution in [0.5, 0.6) is 0 Å². The number of nitrogens with one attached hydrogen (secondary N) is 1. The van der Waals surface area contributed by atoms with Crippen LogP contribution in [0.3, 0.4) is 0 Å². The van der Waals surface area contributed by atoms with Gasteiger partial charge in [-0.15, -0.1) is 0 Å². The third-order valence-electron chi connectivity index (χ3n) is 2.77. The van der Waals surface area contributed by atoms with Crippen LogP contribution in [0.2, 0.25) is 10.0 Å². The molecule has 1 N–H and O–H groups in total. The van der Waals surface area contributed by atoms with Crippen molar-refractivity contribution in [3.8, 4) is 0 Å². The fourth-order valence-corrected chi connectivity index (χ4v) is 2.45. The van der Waals surface area contributed by atoms with Crippen LogP contribution in [-0.2, 0) is 0 Å². The lowest BCUT2D eigenvalue weighted by atomic mass is 9.97. The van der Waals surface area contributed by atoms with Crippen molar-refractivity contribution in [2.45, 2.75) is 39.7 Å². The normalized spacial score (nSPS) is 13.1. The molecule has 0 amide bonds. The largest absolute Gasteiger partial charge is 0.310 e. The fourth-order valence-electron chi connectivity index (χ4n) is 1.91. The molecule has 0 aromatic heterocycles. The Morgan fingerprint density at radius 3 is 2.12 bits per heavy atom. The third kappa shape index (κ3) is 5.29. The Morgan fingerprint density at radius 2 is 1.65 bits per heavy atom. The summed E-state index contributed by atoms with van der Waals surface area (Å²) < 4.78 is 0. The second-order valence-corrected chi connectivity index (χ2v) is 5.66. The first kappa shape index (κ1) is 14.8. The maximum absolute atomic E-state index is 6.04. The Kier molecular flexibility index (Phi) is 6.32. The fraction of sp³-hybridized carbons (Fsp3) is 0.571. The van der Waals surface area contributed by atoms with Crippen LogP contribution >= 0.6 is 23.2 Å². The molecule has 1 atom stereocenters. The molecule has 0 saturated carbocycles. The van der Waals surface area contributed by atoms with Crippen LogP contribution in [0.25, 0.3) is 0 Å². The minimum Gasteiger partial charge on any atom is -0.310 e. The second-order valence-electron chi connectivity index (χ2n) is 4.78. The lowest BCUT2D eigenvalue weighted by Gasteiger charge is -2.20. The molecule has 0 heterocycles. The zero-order valence-corrected chi connectivity index (χ0v) is 12.3. The van der Waals surface area contributed by atoms with Crippen molar-refractivity contribution in [2.75, 3.05) is 6.54 Å². The van der Waals surface area contributed by atoms with Gasteiger partial charge in [0.1, 0.15) is 0 Å².